The summed E-state index contributed by atoms with van der Waals surface area (Å²) in [5.41, 5.74) is 0.268. The Labute approximate surface area is 219 Å². The summed E-state index contributed by atoms with van der Waals surface area (Å²) in [7, 11) is 0. The van der Waals surface area contributed by atoms with Crippen molar-refractivity contribution in [3.05, 3.63) is 48.0 Å². The maximum absolute atomic E-state index is 13.1. The minimum absolute atomic E-state index is 0.0309. The summed E-state index contributed by atoms with van der Waals surface area (Å²) in [6, 6.07) is 8.98. The van der Waals surface area contributed by atoms with E-state index < -0.39 is 35.4 Å². The van der Waals surface area contributed by atoms with Crippen LogP contribution in [0.15, 0.2) is 42.5 Å². The molecule has 0 saturated carbocycles. The summed E-state index contributed by atoms with van der Waals surface area (Å²) in [5, 5.41) is 12.3. The van der Waals surface area contributed by atoms with Crippen molar-refractivity contribution in [1.82, 2.24) is 10.2 Å². The molecule has 0 bridgehead atoms. The number of rotatable bonds is 8. The van der Waals surface area contributed by atoms with Gasteiger partial charge in [0.05, 0.1) is 30.9 Å². The molecule has 1 aromatic carbocycles. The SMILES string of the molecule is C[C@@H]1COC(=O)[C@@H](CC(=O)OC(C)(C)C)C/C=C\C[C@H](CC(=O)N(CCO)Cc2ccccc2)C(=O)N1. The van der Waals surface area contributed by atoms with Crippen molar-refractivity contribution < 1.29 is 33.8 Å². The number of cyclic esters (lactones) is 1. The molecule has 3 atom stereocenters. The molecule has 0 spiro atoms. The molecule has 1 heterocycles. The van der Waals surface area contributed by atoms with Crippen LogP contribution in [0.4, 0.5) is 0 Å². The van der Waals surface area contributed by atoms with Gasteiger partial charge in [0.25, 0.3) is 0 Å². The number of aliphatic hydroxyl groups is 1. The first-order chi connectivity index (χ1) is 17.5. The summed E-state index contributed by atoms with van der Waals surface area (Å²) in [4.78, 5) is 52.6. The van der Waals surface area contributed by atoms with Crippen molar-refractivity contribution in [2.75, 3.05) is 19.8 Å². The van der Waals surface area contributed by atoms with Crippen LogP contribution in [0, 0.1) is 11.8 Å². The van der Waals surface area contributed by atoms with Crippen LogP contribution in [-0.4, -0.2) is 65.2 Å². The second kappa shape index (κ2) is 14.5. The lowest BCUT2D eigenvalue weighted by Crippen LogP contribution is -2.43. The lowest BCUT2D eigenvalue weighted by atomic mass is 9.96. The molecule has 1 aliphatic rings. The van der Waals surface area contributed by atoms with E-state index in [1.165, 1.54) is 0 Å². The number of amides is 2. The van der Waals surface area contributed by atoms with E-state index in [4.69, 9.17) is 9.47 Å². The van der Waals surface area contributed by atoms with E-state index in [1.807, 2.05) is 30.3 Å². The van der Waals surface area contributed by atoms with E-state index in [0.717, 1.165) is 5.56 Å². The van der Waals surface area contributed by atoms with Crippen molar-refractivity contribution in [2.45, 2.75) is 71.6 Å². The number of benzene rings is 1. The standard InChI is InChI=1S/C28H40N2O7/c1-20-19-36-27(35)23(17-25(33)37-28(2,3)4)13-9-8-12-22(26(34)29-20)16-24(32)30(14-15-31)18-21-10-6-5-7-11-21/h5-11,20,22-23,31H,12-19H2,1-4H3,(H,29,34)/b9-8-/t20-,22-,23-/m1/s1. The first-order valence-corrected chi connectivity index (χ1v) is 12.7. The molecule has 0 aliphatic carbocycles. The zero-order valence-electron chi connectivity index (χ0n) is 22.3. The van der Waals surface area contributed by atoms with E-state index in [2.05, 4.69) is 5.32 Å². The number of hydrogen-bond donors (Lipinski definition) is 2. The molecule has 37 heavy (non-hydrogen) atoms. The molecule has 0 fully saturated rings. The Hall–Kier alpha value is -3.20. The number of allylic oxidation sites excluding steroid dienone is 2. The first-order valence-electron chi connectivity index (χ1n) is 12.7. The summed E-state index contributed by atoms with van der Waals surface area (Å²) >= 11 is 0. The second-order valence-electron chi connectivity index (χ2n) is 10.4. The van der Waals surface area contributed by atoms with Crippen molar-refractivity contribution >= 4 is 23.8 Å². The Kier molecular flexibility index (Phi) is 11.8. The lowest BCUT2D eigenvalue weighted by Gasteiger charge is -2.26. The quantitative estimate of drug-likeness (QED) is 0.402. The zero-order valence-corrected chi connectivity index (χ0v) is 22.3. The molecule has 204 valence electrons. The first kappa shape index (κ1) is 30.0. The van der Waals surface area contributed by atoms with Crippen LogP contribution in [0.5, 0.6) is 0 Å². The molecular weight excluding hydrogens is 476 g/mol. The molecule has 1 aromatic rings. The van der Waals surface area contributed by atoms with Crippen LogP contribution in [0.25, 0.3) is 0 Å². The number of hydrogen-bond acceptors (Lipinski definition) is 7. The second-order valence-corrected chi connectivity index (χ2v) is 10.4. The zero-order chi connectivity index (χ0) is 27.4. The van der Waals surface area contributed by atoms with Crippen molar-refractivity contribution in [3.63, 3.8) is 0 Å². The van der Waals surface area contributed by atoms with Gasteiger partial charge in [-0.1, -0.05) is 42.5 Å². The predicted molar refractivity (Wildman–Crippen MR) is 138 cm³/mol. The number of esters is 2. The van der Waals surface area contributed by atoms with Crippen LogP contribution in [-0.2, 0) is 35.2 Å². The number of carbonyl (C=O) groups excluding carboxylic acids is 4. The maximum Gasteiger partial charge on any atom is 0.309 e. The smallest absolute Gasteiger partial charge is 0.309 e. The van der Waals surface area contributed by atoms with Crippen molar-refractivity contribution in [2.24, 2.45) is 11.8 Å². The maximum atomic E-state index is 13.1. The minimum Gasteiger partial charge on any atom is -0.463 e. The van der Waals surface area contributed by atoms with Gasteiger partial charge in [0.15, 0.2) is 0 Å². The molecule has 0 unspecified atom stereocenters. The Morgan fingerprint density at radius 3 is 2.35 bits per heavy atom. The van der Waals surface area contributed by atoms with Crippen LogP contribution in [0.3, 0.4) is 0 Å². The molecule has 2 rings (SSSR count). The third-order valence-electron chi connectivity index (χ3n) is 5.77. The Bertz CT molecular complexity index is 940. The van der Waals surface area contributed by atoms with Gasteiger partial charge in [-0.3, -0.25) is 19.2 Å². The Balaban J connectivity index is 2.12. The van der Waals surface area contributed by atoms with E-state index in [-0.39, 0.29) is 57.3 Å². The van der Waals surface area contributed by atoms with Gasteiger partial charge in [0.2, 0.25) is 11.8 Å². The molecule has 0 saturated heterocycles. The van der Waals surface area contributed by atoms with Gasteiger partial charge in [0, 0.05) is 19.5 Å². The van der Waals surface area contributed by atoms with Gasteiger partial charge >= 0.3 is 11.9 Å². The van der Waals surface area contributed by atoms with E-state index >= 15 is 0 Å². The highest BCUT2D eigenvalue weighted by Crippen LogP contribution is 2.20. The highest BCUT2D eigenvalue weighted by molar-refractivity contribution is 5.86. The molecule has 2 amide bonds. The lowest BCUT2D eigenvalue weighted by molar-refractivity contribution is -0.161. The summed E-state index contributed by atoms with van der Waals surface area (Å²) in [6.45, 7) is 7.26. The summed E-state index contributed by atoms with van der Waals surface area (Å²) in [5.74, 6) is -2.90. The third-order valence-corrected chi connectivity index (χ3v) is 5.77. The average molecular weight is 517 g/mol. The largest absolute Gasteiger partial charge is 0.463 e. The van der Waals surface area contributed by atoms with Gasteiger partial charge in [-0.05, 0) is 46.1 Å². The Morgan fingerprint density at radius 2 is 1.73 bits per heavy atom. The summed E-state index contributed by atoms with van der Waals surface area (Å²) in [6.07, 6.45) is 3.89. The number of aliphatic hydroxyl groups excluding tert-OH is 1. The number of nitrogens with one attached hydrogen (secondary N) is 1. The van der Waals surface area contributed by atoms with Crippen LogP contribution < -0.4 is 5.32 Å². The van der Waals surface area contributed by atoms with E-state index in [1.54, 1.807) is 44.7 Å². The van der Waals surface area contributed by atoms with Gasteiger partial charge in [-0.2, -0.15) is 0 Å². The molecule has 9 heteroatoms. The predicted octanol–water partition coefficient (Wildman–Crippen LogP) is 2.76. The van der Waals surface area contributed by atoms with Crippen LogP contribution >= 0.6 is 0 Å². The minimum atomic E-state index is -0.709. The monoisotopic (exact) mass is 516 g/mol. The normalized spacial score (nSPS) is 22.0. The molecule has 1 aliphatic heterocycles. The van der Waals surface area contributed by atoms with Gasteiger partial charge < -0.3 is 24.8 Å². The topological polar surface area (TPSA) is 122 Å². The van der Waals surface area contributed by atoms with Crippen molar-refractivity contribution in [3.8, 4) is 0 Å². The Morgan fingerprint density at radius 1 is 1.08 bits per heavy atom. The van der Waals surface area contributed by atoms with Crippen molar-refractivity contribution in [1.29, 1.82) is 0 Å². The number of nitrogens with zero attached hydrogens (tertiary/aromatic N) is 1. The van der Waals surface area contributed by atoms with Gasteiger partial charge in [0.1, 0.15) is 12.2 Å². The van der Waals surface area contributed by atoms with Crippen LogP contribution in [0.1, 0.15) is 58.9 Å². The molecular formula is C28H40N2O7. The fourth-order valence-electron chi connectivity index (χ4n) is 3.93. The number of carbonyl (C=O) groups is 4. The van der Waals surface area contributed by atoms with E-state index in [0.29, 0.717) is 6.54 Å². The van der Waals surface area contributed by atoms with E-state index in [9.17, 15) is 24.3 Å². The average Bonchev–Trinajstić information content (AvgIpc) is 2.82. The number of ether oxygens (including phenoxy) is 2. The van der Waals surface area contributed by atoms with Gasteiger partial charge in [-0.25, -0.2) is 0 Å². The van der Waals surface area contributed by atoms with Gasteiger partial charge in [-0.15, -0.1) is 0 Å². The molecule has 0 radical (unpaired) electrons. The van der Waals surface area contributed by atoms with Crippen LogP contribution in [0.2, 0.25) is 0 Å². The summed E-state index contributed by atoms with van der Waals surface area (Å²) < 4.78 is 10.7. The highest BCUT2D eigenvalue weighted by atomic mass is 16.6. The fourth-order valence-corrected chi connectivity index (χ4v) is 3.93. The molecule has 9 nitrogen and oxygen atoms in total. The fraction of sp³-hybridized carbons (Fsp3) is 0.571. The molecule has 0 aromatic heterocycles. The third kappa shape index (κ3) is 11.2. The highest BCUT2D eigenvalue weighted by Gasteiger charge is 2.29. The molecule has 2 N–H and O–H groups in total.